The zero-order valence-corrected chi connectivity index (χ0v) is 12.2. The molecular weight excluding hydrogens is 260 g/mol. The number of aromatic nitrogens is 2. The second-order valence-corrected chi connectivity index (χ2v) is 4.76. The zero-order valence-electron chi connectivity index (χ0n) is 12.2. The molecule has 0 aliphatic heterocycles. The minimum absolute atomic E-state index is 0.770. The van der Waals surface area contributed by atoms with Gasteiger partial charge in [-0.25, -0.2) is 4.98 Å². The summed E-state index contributed by atoms with van der Waals surface area (Å²) in [4.78, 5) is 11.0. The molecule has 21 heavy (non-hydrogen) atoms. The molecule has 106 valence electrons. The number of hydrogen-bond donors (Lipinski definition) is 1. The average Bonchev–Trinajstić information content (AvgIpc) is 2.56. The number of hydrogen-bond acceptors (Lipinski definition) is 4. The van der Waals surface area contributed by atoms with Crippen LogP contribution in [0.25, 0.3) is 10.8 Å². The van der Waals surface area contributed by atoms with Crippen molar-refractivity contribution in [3.05, 3.63) is 54.9 Å². The molecule has 3 rings (SSSR count). The third kappa shape index (κ3) is 2.52. The van der Waals surface area contributed by atoms with Crippen molar-refractivity contribution in [2.24, 2.45) is 0 Å². The molecule has 0 amide bonds. The lowest BCUT2D eigenvalue weighted by molar-refractivity contribution is 0.981. The van der Waals surface area contributed by atoms with Gasteiger partial charge in [0.15, 0.2) is 5.82 Å². The van der Waals surface area contributed by atoms with Crippen molar-refractivity contribution in [2.45, 2.75) is 6.92 Å². The number of nitrogens with one attached hydrogen (secondary N) is 1. The summed E-state index contributed by atoms with van der Waals surface area (Å²) in [5.41, 5.74) is 1.15. The summed E-state index contributed by atoms with van der Waals surface area (Å²) in [6.45, 7) is 2.95. The molecule has 1 heterocycles. The number of nitrogens with zero attached hydrogens (tertiary/aromatic N) is 3. The Hall–Kier alpha value is -2.62. The van der Waals surface area contributed by atoms with Crippen LogP contribution in [-0.4, -0.2) is 23.6 Å². The molecule has 2 aromatic carbocycles. The van der Waals surface area contributed by atoms with E-state index in [1.165, 1.54) is 10.8 Å². The summed E-state index contributed by atoms with van der Waals surface area (Å²) in [5.74, 6) is 1.62. The van der Waals surface area contributed by atoms with E-state index in [-0.39, 0.29) is 0 Å². The van der Waals surface area contributed by atoms with E-state index in [0.717, 1.165) is 23.9 Å². The van der Waals surface area contributed by atoms with Crippen molar-refractivity contribution < 1.29 is 0 Å². The van der Waals surface area contributed by atoms with Crippen LogP contribution in [0.5, 0.6) is 0 Å². The van der Waals surface area contributed by atoms with Gasteiger partial charge < -0.3 is 10.2 Å². The second kappa shape index (κ2) is 5.79. The van der Waals surface area contributed by atoms with Gasteiger partial charge in [0.05, 0.1) is 18.1 Å². The van der Waals surface area contributed by atoms with Crippen molar-refractivity contribution in [1.29, 1.82) is 0 Å². The van der Waals surface area contributed by atoms with Gasteiger partial charge in [0.2, 0.25) is 0 Å². The molecule has 0 fully saturated rings. The number of anilines is 3. The van der Waals surface area contributed by atoms with Crippen LogP contribution in [0.2, 0.25) is 0 Å². The fraction of sp³-hybridized carbons (Fsp3) is 0.176. The van der Waals surface area contributed by atoms with Gasteiger partial charge in [-0.2, -0.15) is 0 Å². The first-order valence-electron chi connectivity index (χ1n) is 7.08. The Labute approximate surface area is 124 Å². The summed E-state index contributed by atoms with van der Waals surface area (Å²) in [6.07, 6.45) is 3.52. The van der Waals surface area contributed by atoms with E-state index in [4.69, 9.17) is 0 Å². The normalized spacial score (nSPS) is 10.6. The zero-order chi connectivity index (χ0) is 14.7. The maximum absolute atomic E-state index is 4.60. The number of fused-ring (bicyclic) bond motifs is 1. The third-order valence-electron chi connectivity index (χ3n) is 3.53. The van der Waals surface area contributed by atoms with Crippen molar-refractivity contribution in [3.63, 3.8) is 0 Å². The molecule has 4 nitrogen and oxygen atoms in total. The predicted molar refractivity (Wildman–Crippen MR) is 88.2 cm³/mol. The Morgan fingerprint density at radius 1 is 1.05 bits per heavy atom. The molecule has 0 unspecified atom stereocenters. The lowest BCUT2D eigenvalue weighted by Crippen LogP contribution is -2.18. The van der Waals surface area contributed by atoms with E-state index in [9.17, 15) is 0 Å². The van der Waals surface area contributed by atoms with Crippen LogP contribution in [0.15, 0.2) is 54.9 Å². The molecule has 0 aliphatic carbocycles. The number of benzene rings is 2. The molecule has 0 radical (unpaired) electrons. The lowest BCUT2D eigenvalue weighted by atomic mass is 10.1. The fourth-order valence-corrected chi connectivity index (χ4v) is 2.51. The highest BCUT2D eigenvalue weighted by Gasteiger charge is 2.12. The molecule has 0 aliphatic rings. The van der Waals surface area contributed by atoms with Crippen LogP contribution < -0.4 is 10.2 Å². The molecule has 0 spiro atoms. The minimum atomic E-state index is 0.770. The summed E-state index contributed by atoms with van der Waals surface area (Å²) >= 11 is 0. The highest BCUT2D eigenvalue weighted by Crippen LogP contribution is 2.31. The molecule has 0 bridgehead atoms. The maximum atomic E-state index is 4.60. The van der Waals surface area contributed by atoms with Crippen LogP contribution in [0, 0.1) is 0 Å². The standard InChI is InChI=1S/C17H18N4/c1-3-21(17-12-19-11-16(18-2)20-17)15-10-6-8-13-7-4-5-9-14(13)15/h4-12H,3H2,1-2H3,(H,18,20). The van der Waals surface area contributed by atoms with Gasteiger partial charge >= 0.3 is 0 Å². The van der Waals surface area contributed by atoms with Gasteiger partial charge in [-0.05, 0) is 18.4 Å². The van der Waals surface area contributed by atoms with Crippen molar-refractivity contribution >= 4 is 28.1 Å². The lowest BCUT2D eigenvalue weighted by Gasteiger charge is -2.23. The van der Waals surface area contributed by atoms with Crippen molar-refractivity contribution in [1.82, 2.24) is 9.97 Å². The monoisotopic (exact) mass is 278 g/mol. The summed E-state index contributed by atoms with van der Waals surface area (Å²) in [7, 11) is 1.85. The van der Waals surface area contributed by atoms with Crippen LogP contribution in [0.3, 0.4) is 0 Å². The van der Waals surface area contributed by atoms with E-state index < -0.39 is 0 Å². The predicted octanol–water partition coefficient (Wildman–Crippen LogP) is 3.83. The molecular formula is C17H18N4. The molecule has 1 aromatic heterocycles. The Morgan fingerprint density at radius 3 is 2.67 bits per heavy atom. The molecule has 3 aromatic rings. The van der Waals surface area contributed by atoms with E-state index in [0.29, 0.717) is 0 Å². The smallest absolute Gasteiger partial charge is 0.153 e. The quantitative estimate of drug-likeness (QED) is 0.787. The van der Waals surface area contributed by atoms with E-state index in [2.05, 4.69) is 69.6 Å². The molecule has 4 heteroatoms. The Morgan fingerprint density at radius 2 is 1.86 bits per heavy atom. The van der Waals surface area contributed by atoms with Crippen LogP contribution in [0.4, 0.5) is 17.3 Å². The van der Waals surface area contributed by atoms with Crippen LogP contribution in [0.1, 0.15) is 6.92 Å². The van der Waals surface area contributed by atoms with Gasteiger partial charge in [-0.1, -0.05) is 36.4 Å². The number of rotatable bonds is 4. The Kier molecular flexibility index (Phi) is 3.69. The first-order valence-corrected chi connectivity index (χ1v) is 7.08. The van der Waals surface area contributed by atoms with Crippen LogP contribution in [-0.2, 0) is 0 Å². The van der Waals surface area contributed by atoms with E-state index >= 15 is 0 Å². The van der Waals surface area contributed by atoms with Gasteiger partial charge in [0.25, 0.3) is 0 Å². The fourth-order valence-electron chi connectivity index (χ4n) is 2.51. The molecule has 1 N–H and O–H groups in total. The SMILES string of the molecule is CCN(c1cncc(NC)n1)c1cccc2ccccc12. The van der Waals surface area contributed by atoms with Crippen LogP contribution >= 0.6 is 0 Å². The molecule has 0 saturated heterocycles. The average molecular weight is 278 g/mol. The Bertz CT molecular complexity index is 749. The summed E-state index contributed by atoms with van der Waals surface area (Å²) < 4.78 is 0. The first-order chi connectivity index (χ1) is 10.3. The van der Waals surface area contributed by atoms with E-state index in [1.807, 2.05) is 7.05 Å². The first kappa shape index (κ1) is 13.4. The maximum Gasteiger partial charge on any atom is 0.153 e. The van der Waals surface area contributed by atoms with Gasteiger partial charge in [0.1, 0.15) is 5.82 Å². The summed E-state index contributed by atoms with van der Waals surface area (Å²) in [6, 6.07) is 14.7. The van der Waals surface area contributed by atoms with Crippen molar-refractivity contribution in [3.8, 4) is 0 Å². The second-order valence-electron chi connectivity index (χ2n) is 4.76. The van der Waals surface area contributed by atoms with Gasteiger partial charge in [0, 0.05) is 19.0 Å². The minimum Gasteiger partial charge on any atom is -0.372 e. The van der Waals surface area contributed by atoms with Crippen molar-refractivity contribution in [2.75, 3.05) is 23.8 Å². The Balaban J connectivity index is 2.13. The third-order valence-corrected chi connectivity index (χ3v) is 3.53. The topological polar surface area (TPSA) is 41.1 Å². The summed E-state index contributed by atoms with van der Waals surface area (Å²) in [5, 5.41) is 5.48. The highest BCUT2D eigenvalue weighted by atomic mass is 15.2. The van der Waals surface area contributed by atoms with E-state index in [1.54, 1.807) is 12.4 Å². The highest BCUT2D eigenvalue weighted by molar-refractivity contribution is 5.95. The molecule has 0 saturated carbocycles. The van der Waals surface area contributed by atoms with Gasteiger partial charge in [-0.15, -0.1) is 0 Å². The molecule has 0 atom stereocenters. The van der Waals surface area contributed by atoms with Gasteiger partial charge in [-0.3, -0.25) is 4.98 Å². The largest absolute Gasteiger partial charge is 0.372 e.